The Morgan fingerprint density at radius 2 is 2.14 bits per heavy atom. The molecule has 2 rings (SSSR count). The highest BCUT2D eigenvalue weighted by atomic mass is 79.9. The molecule has 0 aliphatic heterocycles. The molecule has 0 fully saturated rings. The van der Waals surface area contributed by atoms with Gasteiger partial charge < -0.3 is 5.32 Å². The van der Waals surface area contributed by atoms with Crippen LogP contribution in [-0.4, -0.2) is 16.1 Å². The molecule has 1 aromatic heterocycles. The van der Waals surface area contributed by atoms with Crippen molar-refractivity contribution < 1.29 is 18.0 Å². The summed E-state index contributed by atoms with van der Waals surface area (Å²) in [5.74, 6) is -0.589. The summed E-state index contributed by atoms with van der Waals surface area (Å²) < 4.78 is 38.3. The van der Waals surface area contributed by atoms with Gasteiger partial charge in [-0.1, -0.05) is 0 Å². The zero-order valence-corrected chi connectivity index (χ0v) is 12.5. The summed E-state index contributed by atoms with van der Waals surface area (Å²) in [4.78, 5) is 12.0. The summed E-state index contributed by atoms with van der Waals surface area (Å²) in [5.41, 5.74) is 0.631. The highest BCUT2D eigenvalue weighted by Gasteiger charge is 2.31. The van der Waals surface area contributed by atoms with Gasteiger partial charge in [0.1, 0.15) is 0 Å². The lowest BCUT2D eigenvalue weighted by atomic mass is 10.1. The van der Waals surface area contributed by atoms with Crippen molar-refractivity contribution in [2.75, 3.05) is 0 Å². The first-order valence-corrected chi connectivity index (χ1v) is 6.72. The first kappa shape index (κ1) is 15.6. The largest absolute Gasteiger partial charge is 0.416 e. The Hall–Kier alpha value is -1.83. The Kier molecular flexibility index (Phi) is 4.36. The second-order valence-electron chi connectivity index (χ2n) is 4.40. The van der Waals surface area contributed by atoms with E-state index in [4.69, 9.17) is 0 Å². The molecular formula is C13H11BrF3N3O. The summed E-state index contributed by atoms with van der Waals surface area (Å²) in [5, 5.41) is 9.08. The molecule has 0 aliphatic carbocycles. The van der Waals surface area contributed by atoms with E-state index in [0.717, 1.165) is 23.4 Å². The lowest BCUT2D eigenvalue weighted by Crippen LogP contribution is -2.24. The number of hydrogen-bond donors (Lipinski definition) is 2. The molecule has 0 radical (unpaired) electrons. The maximum atomic E-state index is 12.7. The molecule has 0 bridgehead atoms. The van der Waals surface area contributed by atoms with Crippen molar-refractivity contribution in [1.29, 1.82) is 0 Å². The number of amides is 1. The van der Waals surface area contributed by atoms with Gasteiger partial charge in [-0.25, -0.2) is 0 Å². The molecule has 1 aromatic carbocycles. The minimum atomic E-state index is -4.49. The van der Waals surface area contributed by atoms with Crippen molar-refractivity contribution in [2.45, 2.75) is 19.6 Å². The second kappa shape index (κ2) is 5.88. The molecule has 112 valence electrons. The van der Waals surface area contributed by atoms with E-state index in [-0.39, 0.29) is 12.1 Å². The van der Waals surface area contributed by atoms with Gasteiger partial charge in [0.25, 0.3) is 5.91 Å². The molecule has 2 aromatic rings. The van der Waals surface area contributed by atoms with Crippen molar-refractivity contribution in [3.05, 3.63) is 51.3 Å². The smallest absolute Gasteiger partial charge is 0.348 e. The van der Waals surface area contributed by atoms with E-state index in [9.17, 15) is 18.0 Å². The minimum absolute atomic E-state index is 0.0639. The van der Waals surface area contributed by atoms with E-state index < -0.39 is 17.6 Å². The van der Waals surface area contributed by atoms with E-state index in [0.29, 0.717) is 4.47 Å². The van der Waals surface area contributed by atoms with Crippen LogP contribution in [0.2, 0.25) is 0 Å². The van der Waals surface area contributed by atoms with E-state index in [2.05, 4.69) is 31.4 Å². The fourth-order valence-electron chi connectivity index (χ4n) is 1.70. The third-order valence-corrected chi connectivity index (χ3v) is 3.60. The zero-order chi connectivity index (χ0) is 15.6. The average molecular weight is 362 g/mol. The monoisotopic (exact) mass is 361 g/mol. The van der Waals surface area contributed by atoms with Gasteiger partial charge in [0, 0.05) is 22.3 Å². The number of nitrogens with one attached hydrogen (secondary N) is 2. The highest BCUT2D eigenvalue weighted by molar-refractivity contribution is 9.10. The maximum absolute atomic E-state index is 12.7. The fourth-order valence-corrected chi connectivity index (χ4v) is 2.13. The lowest BCUT2D eigenvalue weighted by molar-refractivity contribution is -0.137. The van der Waals surface area contributed by atoms with Crippen LogP contribution in [0, 0.1) is 6.92 Å². The van der Waals surface area contributed by atoms with Crippen LogP contribution in [0.25, 0.3) is 0 Å². The number of aromatic nitrogens is 2. The quantitative estimate of drug-likeness (QED) is 0.879. The van der Waals surface area contributed by atoms with Crippen LogP contribution in [0.3, 0.4) is 0 Å². The van der Waals surface area contributed by atoms with Crippen LogP contribution in [0.5, 0.6) is 0 Å². The number of H-pyrrole nitrogens is 1. The summed E-state index contributed by atoms with van der Waals surface area (Å²) >= 11 is 3.08. The van der Waals surface area contributed by atoms with Gasteiger partial charge in [0.2, 0.25) is 0 Å². The van der Waals surface area contributed by atoms with E-state index >= 15 is 0 Å². The lowest BCUT2D eigenvalue weighted by Gasteiger charge is -2.11. The normalized spacial score (nSPS) is 11.5. The zero-order valence-electron chi connectivity index (χ0n) is 10.9. The van der Waals surface area contributed by atoms with E-state index in [1.165, 1.54) is 6.07 Å². The second-order valence-corrected chi connectivity index (χ2v) is 5.25. The van der Waals surface area contributed by atoms with Crippen molar-refractivity contribution in [1.82, 2.24) is 15.5 Å². The molecule has 0 atom stereocenters. The number of benzene rings is 1. The van der Waals surface area contributed by atoms with Crippen molar-refractivity contribution in [2.24, 2.45) is 0 Å². The topological polar surface area (TPSA) is 57.8 Å². The summed E-state index contributed by atoms with van der Waals surface area (Å²) in [6.45, 7) is 1.97. The first-order valence-electron chi connectivity index (χ1n) is 5.93. The molecule has 0 spiro atoms. The van der Waals surface area contributed by atoms with E-state index in [1.807, 2.05) is 0 Å². The Morgan fingerprint density at radius 1 is 1.43 bits per heavy atom. The average Bonchev–Trinajstić information content (AvgIpc) is 2.80. The van der Waals surface area contributed by atoms with Crippen LogP contribution < -0.4 is 5.32 Å². The number of halogens is 4. The van der Waals surface area contributed by atoms with Gasteiger partial charge in [-0.2, -0.15) is 18.3 Å². The molecule has 0 saturated carbocycles. The molecule has 0 saturated heterocycles. The van der Waals surface area contributed by atoms with Crippen LogP contribution in [-0.2, 0) is 12.7 Å². The molecule has 1 amide bonds. The number of alkyl halides is 3. The summed E-state index contributed by atoms with van der Waals surface area (Å²) in [6, 6.07) is 2.95. The number of nitrogens with zero attached hydrogens (tertiary/aromatic N) is 1. The number of hydrogen-bond acceptors (Lipinski definition) is 2. The Morgan fingerprint density at radius 3 is 2.71 bits per heavy atom. The minimum Gasteiger partial charge on any atom is -0.348 e. The van der Waals surface area contributed by atoms with Crippen molar-refractivity contribution >= 4 is 21.8 Å². The van der Waals surface area contributed by atoms with Crippen LogP contribution in [0.1, 0.15) is 27.2 Å². The highest BCUT2D eigenvalue weighted by Crippen LogP contribution is 2.31. The van der Waals surface area contributed by atoms with Crippen LogP contribution in [0.15, 0.2) is 28.9 Å². The standard InChI is InChI=1S/C13H11BrF3N3O/c1-7-8(6-19-20-7)5-18-12(21)10-4-9(13(15,16)17)2-3-11(10)14/h2-4,6H,5H2,1H3,(H,18,21)(H,19,20). The molecule has 21 heavy (non-hydrogen) atoms. The SMILES string of the molecule is Cc1[nH]ncc1CNC(=O)c1cc(C(F)(F)F)ccc1Br. The molecule has 0 aliphatic rings. The number of carbonyl (C=O) groups excluding carboxylic acids is 1. The van der Waals surface area contributed by atoms with Crippen molar-refractivity contribution in [3.8, 4) is 0 Å². The number of aromatic amines is 1. The van der Waals surface area contributed by atoms with Crippen LogP contribution >= 0.6 is 15.9 Å². The van der Waals surface area contributed by atoms with Gasteiger partial charge in [0.05, 0.1) is 17.3 Å². The van der Waals surface area contributed by atoms with Crippen molar-refractivity contribution in [3.63, 3.8) is 0 Å². The van der Waals surface area contributed by atoms with E-state index in [1.54, 1.807) is 13.1 Å². The predicted molar refractivity (Wildman–Crippen MR) is 73.6 cm³/mol. The Balaban J connectivity index is 2.17. The molecular weight excluding hydrogens is 351 g/mol. The molecule has 0 unspecified atom stereocenters. The maximum Gasteiger partial charge on any atom is 0.416 e. The van der Waals surface area contributed by atoms with Gasteiger partial charge in [-0.3, -0.25) is 9.89 Å². The summed E-state index contributed by atoms with van der Waals surface area (Å²) in [7, 11) is 0. The third-order valence-electron chi connectivity index (χ3n) is 2.91. The fraction of sp³-hybridized carbons (Fsp3) is 0.231. The first-order chi connectivity index (χ1) is 9.79. The third kappa shape index (κ3) is 3.63. The van der Waals surface area contributed by atoms with Gasteiger partial charge in [-0.05, 0) is 41.1 Å². The van der Waals surface area contributed by atoms with Crippen LogP contribution in [0.4, 0.5) is 13.2 Å². The number of carbonyl (C=O) groups is 1. The number of aryl methyl sites for hydroxylation is 1. The Labute approximate surface area is 126 Å². The molecule has 4 nitrogen and oxygen atoms in total. The number of rotatable bonds is 3. The Bertz CT molecular complexity index is 667. The predicted octanol–water partition coefficient (Wildman–Crippen LogP) is 3.43. The summed E-state index contributed by atoms with van der Waals surface area (Å²) in [6.07, 6.45) is -2.94. The molecule has 2 N–H and O–H groups in total. The molecule has 8 heteroatoms. The van der Waals surface area contributed by atoms with Gasteiger partial charge in [-0.15, -0.1) is 0 Å². The van der Waals surface area contributed by atoms with Gasteiger partial charge >= 0.3 is 6.18 Å². The van der Waals surface area contributed by atoms with Gasteiger partial charge in [0.15, 0.2) is 0 Å². The molecule has 1 heterocycles.